The Morgan fingerprint density at radius 1 is 0.889 bits per heavy atom. The fourth-order valence-electron chi connectivity index (χ4n) is 2.09. The molecule has 0 aromatic rings. The summed E-state index contributed by atoms with van der Waals surface area (Å²) in [6, 6.07) is 0. The molecule has 0 saturated carbocycles. The highest BCUT2D eigenvalue weighted by atomic mass is 16.4. The zero-order chi connectivity index (χ0) is 14.4. The second kappa shape index (κ2) is 14.5. The molecule has 0 spiro atoms. The van der Waals surface area contributed by atoms with Crippen molar-refractivity contribution in [3.05, 3.63) is 0 Å². The average Bonchev–Trinajstić information content (AvgIpc) is 2.36. The van der Waals surface area contributed by atoms with Crippen LogP contribution in [0.15, 0.2) is 0 Å². The van der Waals surface area contributed by atoms with Gasteiger partial charge in [0.25, 0.3) is 0 Å². The topological polar surface area (TPSA) is 37.3 Å². The molecule has 18 heavy (non-hydrogen) atoms. The molecule has 0 aliphatic rings. The summed E-state index contributed by atoms with van der Waals surface area (Å²) < 4.78 is 0. The molecule has 0 bridgehead atoms. The lowest BCUT2D eigenvalue weighted by molar-refractivity contribution is -0.144. The molecule has 2 nitrogen and oxygen atoms in total. The van der Waals surface area contributed by atoms with E-state index in [-0.39, 0.29) is 5.92 Å². The molecule has 0 aromatic heterocycles. The summed E-state index contributed by atoms with van der Waals surface area (Å²) in [5, 5.41) is 9.07. The maximum atomic E-state index is 11.0. The SMILES string of the molecule is CCCC.CCCCC(CCC)C(CC)C(=O)O. The van der Waals surface area contributed by atoms with Crippen LogP contribution in [0.2, 0.25) is 0 Å². The minimum atomic E-state index is -0.609. The number of rotatable bonds is 9. The third kappa shape index (κ3) is 10.6. The summed E-state index contributed by atoms with van der Waals surface area (Å²) in [4.78, 5) is 11.0. The molecule has 1 N–H and O–H groups in total. The van der Waals surface area contributed by atoms with Crippen LogP contribution in [0.3, 0.4) is 0 Å². The highest BCUT2D eigenvalue weighted by Gasteiger charge is 2.24. The summed E-state index contributed by atoms with van der Waals surface area (Å²) in [5.74, 6) is -0.342. The largest absolute Gasteiger partial charge is 0.481 e. The van der Waals surface area contributed by atoms with Gasteiger partial charge in [-0.2, -0.15) is 0 Å². The van der Waals surface area contributed by atoms with Crippen LogP contribution in [0.4, 0.5) is 0 Å². The molecule has 2 heteroatoms. The van der Waals surface area contributed by atoms with Gasteiger partial charge in [-0.1, -0.05) is 66.7 Å². The van der Waals surface area contributed by atoms with Crippen molar-refractivity contribution in [1.82, 2.24) is 0 Å². The van der Waals surface area contributed by atoms with Crippen molar-refractivity contribution in [2.24, 2.45) is 11.8 Å². The van der Waals surface area contributed by atoms with Crippen LogP contribution in [-0.2, 0) is 4.79 Å². The predicted molar refractivity (Wildman–Crippen MR) is 79.9 cm³/mol. The van der Waals surface area contributed by atoms with Gasteiger partial charge in [0, 0.05) is 0 Å². The van der Waals surface area contributed by atoms with Crippen molar-refractivity contribution in [2.45, 2.75) is 86.0 Å². The molecule has 0 radical (unpaired) electrons. The molecule has 0 aliphatic carbocycles. The van der Waals surface area contributed by atoms with Gasteiger partial charge < -0.3 is 5.11 Å². The van der Waals surface area contributed by atoms with Crippen molar-refractivity contribution < 1.29 is 9.90 Å². The molecule has 2 atom stereocenters. The molecule has 0 fully saturated rings. The summed E-state index contributed by atoms with van der Waals surface area (Å²) >= 11 is 0. The van der Waals surface area contributed by atoms with Gasteiger partial charge in [0.15, 0.2) is 0 Å². The number of hydrogen-bond donors (Lipinski definition) is 1. The molecule has 110 valence electrons. The van der Waals surface area contributed by atoms with E-state index in [1.807, 2.05) is 6.92 Å². The monoisotopic (exact) mass is 258 g/mol. The molecule has 0 saturated heterocycles. The van der Waals surface area contributed by atoms with Crippen LogP contribution in [0.1, 0.15) is 86.0 Å². The number of carboxylic acids is 1. The molecule has 0 aromatic carbocycles. The fraction of sp³-hybridized carbons (Fsp3) is 0.938. The molecule has 0 heterocycles. The van der Waals surface area contributed by atoms with Gasteiger partial charge in [0.1, 0.15) is 0 Å². The summed E-state index contributed by atoms with van der Waals surface area (Å²) in [6.07, 6.45) is 8.96. The number of carboxylic acid groups (broad SMARTS) is 1. The van der Waals surface area contributed by atoms with Crippen LogP contribution >= 0.6 is 0 Å². The third-order valence-electron chi connectivity index (χ3n) is 3.41. The first-order valence-corrected chi connectivity index (χ1v) is 7.81. The van der Waals surface area contributed by atoms with Crippen molar-refractivity contribution in [2.75, 3.05) is 0 Å². The van der Waals surface area contributed by atoms with Crippen molar-refractivity contribution in [3.8, 4) is 0 Å². The quantitative estimate of drug-likeness (QED) is 0.592. The minimum Gasteiger partial charge on any atom is -0.481 e. The van der Waals surface area contributed by atoms with Crippen LogP contribution in [0.25, 0.3) is 0 Å². The highest BCUT2D eigenvalue weighted by molar-refractivity contribution is 5.70. The first kappa shape index (κ1) is 19.8. The van der Waals surface area contributed by atoms with E-state index in [1.54, 1.807) is 0 Å². The van der Waals surface area contributed by atoms with Crippen molar-refractivity contribution in [3.63, 3.8) is 0 Å². The van der Waals surface area contributed by atoms with E-state index in [0.29, 0.717) is 5.92 Å². The van der Waals surface area contributed by atoms with Crippen LogP contribution in [0.5, 0.6) is 0 Å². The first-order chi connectivity index (χ1) is 8.58. The van der Waals surface area contributed by atoms with E-state index in [4.69, 9.17) is 5.11 Å². The van der Waals surface area contributed by atoms with E-state index < -0.39 is 5.97 Å². The van der Waals surface area contributed by atoms with Crippen LogP contribution < -0.4 is 0 Å². The summed E-state index contributed by atoms with van der Waals surface area (Å²) in [7, 11) is 0. The molecule has 0 aliphatic heterocycles. The van der Waals surface area contributed by atoms with Crippen molar-refractivity contribution in [1.29, 1.82) is 0 Å². The molecular weight excluding hydrogens is 224 g/mol. The fourth-order valence-corrected chi connectivity index (χ4v) is 2.09. The maximum Gasteiger partial charge on any atom is 0.306 e. The Kier molecular flexibility index (Phi) is 16.0. The van der Waals surface area contributed by atoms with Gasteiger partial charge in [-0.25, -0.2) is 0 Å². The smallest absolute Gasteiger partial charge is 0.306 e. The summed E-state index contributed by atoms with van der Waals surface area (Å²) in [6.45, 7) is 10.6. The normalized spacial score (nSPS) is 13.4. The second-order valence-corrected chi connectivity index (χ2v) is 5.04. The number of unbranched alkanes of at least 4 members (excludes halogenated alkanes) is 2. The van der Waals surface area contributed by atoms with E-state index in [0.717, 1.165) is 38.5 Å². The Labute approximate surface area is 114 Å². The third-order valence-corrected chi connectivity index (χ3v) is 3.41. The predicted octanol–water partition coefficient (Wildman–Crippen LogP) is 5.51. The Morgan fingerprint density at radius 3 is 1.72 bits per heavy atom. The number of carbonyl (C=O) groups is 1. The highest BCUT2D eigenvalue weighted by Crippen LogP contribution is 2.26. The van der Waals surface area contributed by atoms with Gasteiger partial charge >= 0.3 is 5.97 Å². The lowest BCUT2D eigenvalue weighted by Crippen LogP contribution is -2.23. The lowest BCUT2D eigenvalue weighted by Gasteiger charge is -2.22. The average molecular weight is 258 g/mol. The lowest BCUT2D eigenvalue weighted by atomic mass is 9.83. The van der Waals surface area contributed by atoms with Gasteiger partial charge in [0.05, 0.1) is 5.92 Å². The molecule has 0 rings (SSSR count). The Bertz CT molecular complexity index is 176. The minimum absolute atomic E-state index is 0.124. The van der Waals surface area contributed by atoms with Gasteiger partial charge in [-0.15, -0.1) is 0 Å². The van der Waals surface area contributed by atoms with E-state index in [9.17, 15) is 4.79 Å². The zero-order valence-electron chi connectivity index (χ0n) is 13.2. The van der Waals surface area contributed by atoms with Gasteiger partial charge in [-0.3, -0.25) is 4.79 Å². The molecular formula is C16H34O2. The van der Waals surface area contributed by atoms with Crippen LogP contribution in [0, 0.1) is 11.8 Å². The van der Waals surface area contributed by atoms with E-state index in [2.05, 4.69) is 27.7 Å². The Hall–Kier alpha value is -0.530. The first-order valence-electron chi connectivity index (χ1n) is 7.81. The molecule has 2 unspecified atom stereocenters. The number of aliphatic carboxylic acids is 1. The van der Waals surface area contributed by atoms with E-state index >= 15 is 0 Å². The van der Waals surface area contributed by atoms with Gasteiger partial charge in [-0.05, 0) is 25.2 Å². The Morgan fingerprint density at radius 2 is 1.44 bits per heavy atom. The standard InChI is InChI=1S/C12H24O2.C4H10/c1-4-7-9-10(8-5-2)11(6-3)12(13)14;1-3-4-2/h10-11H,4-9H2,1-3H3,(H,13,14);3-4H2,1-2H3. The molecule has 0 amide bonds. The summed E-state index contributed by atoms with van der Waals surface area (Å²) in [5.41, 5.74) is 0. The van der Waals surface area contributed by atoms with Gasteiger partial charge in [0.2, 0.25) is 0 Å². The number of hydrogen-bond acceptors (Lipinski definition) is 1. The van der Waals surface area contributed by atoms with Crippen molar-refractivity contribution >= 4 is 5.97 Å². The second-order valence-electron chi connectivity index (χ2n) is 5.04. The maximum absolute atomic E-state index is 11.0. The van der Waals surface area contributed by atoms with E-state index in [1.165, 1.54) is 12.8 Å². The van der Waals surface area contributed by atoms with Crippen LogP contribution in [-0.4, -0.2) is 11.1 Å². The zero-order valence-corrected chi connectivity index (χ0v) is 13.2. The Balaban J connectivity index is 0.